The van der Waals surface area contributed by atoms with E-state index in [2.05, 4.69) is 20.8 Å². The zero-order valence-corrected chi connectivity index (χ0v) is 16.5. The highest BCUT2D eigenvalue weighted by molar-refractivity contribution is 8.01. The predicted molar refractivity (Wildman–Crippen MR) is 102 cm³/mol. The second-order valence-electron chi connectivity index (χ2n) is 5.50. The number of hydrogen-bond acceptors (Lipinski definition) is 6. The third-order valence-corrected chi connectivity index (χ3v) is 5.35. The van der Waals surface area contributed by atoms with Crippen molar-refractivity contribution in [3.05, 3.63) is 34.9 Å². The summed E-state index contributed by atoms with van der Waals surface area (Å²) < 4.78 is 0.795. The van der Waals surface area contributed by atoms with Crippen molar-refractivity contribution in [3.8, 4) is 0 Å². The molecule has 0 bridgehead atoms. The summed E-state index contributed by atoms with van der Waals surface area (Å²) in [4.78, 5) is 24.9. The van der Waals surface area contributed by atoms with Crippen molar-refractivity contribution in [2.24, 2.45) is 5.92 Å². The van der Waals surface area contributed by atoms with Crippen molar-refractivity contribution in [3.63, 3.8) is 0 Å². The highest BCUT2D eigenvalue weighted by Gasteiger charge is 2.25. The van der Waals surface area contributed by atoms with Crippen LogP contribution in [0.4, 0.5) is 5.13 Å². The van der Waals surface area contributed by atoms with Gasteiger partial charge in [-0.3, -0.25) is 14.9 Å². The first kappa shape index (κ1) is 19.7. The lowest BCUT2D eigenvalue weighted by atomic mass is 10.0. The maximum atomic E-state index is 12.5. The first-order chi connectivity index (χ1) is 11.9. The Labute approximate surface area is 159 Å². The van der Waals surface area contributed by atoms with E-state index in [9.17, 15) is 9.59 Å². The van der Waals surface area contributed by atoms with Gasteiger partial charge in [0.05, 0.1) is 0 Å². The number of nitrogens with zero attached hydrogens (tertiary/aromatic N) is 2. The van der Waals surface area contributed by atoms with Crippen molar-refractivity contribution < 1.29 is 9.59 Å². The van der Waals surface area contributed by atoms with Crippen LogP contribution in [0.3, 0.4) is 0 Å². The third kappa shape index (κ3) is 5.69. The topological polar surface area (TPSA) is 84.0 Å². The number of carbonyl (C=O) groups is 2. The molecule has 6 nitrogen and oxygen atoms in total. The normalized spacial score (nSPS) is 12.0. The molecule has 0 unspecified atom stereocenters. The molecule has 1 atom stereocenters. The summed E-state index contributed by atoms with van der Waals surface area (Å²) >= 11 is 8.70. The number of nitrogens with one attached hydrogen (secondary N) is 2. The Morgan fingerprint density at radius 1 is 1.24 bits per heavy atom. The number of hydrogen-bond donors (Lipinski definition) is 2. The van der Waals surface area contributed by atoms with Gasteiger partial charge >= 0.3 is 0 Å². The summed E-state index contributed by atoms with van der Waals surface area (Å²) in [5.41, 5.74) is 0.445. The van der Waals surface area contributed by atoms with Crippen LogP contribution < -0.4 is 10.6 Å². The first-order valence-corrected chi connectivity index (χ1v) is 9.92. The fourth-order valence-corrected chi connectivity index (χ4v) is 3.76. The predicted octanol–water partition coefficient (Wildman–Crippen LogP) is 3.70. The Bertz CT molecular complexity index is 734. The molecule has 1 heterocycles. The zero-order chi connectivity index (χ0) is 18.4. The highest BCUT2D eigenvalue weighted by Crippen LogP contribution is 2.25. The van der Waals surface area contributed by atoms with Gasteiger partial charge in [0.1, 0.15) is 6.04 Å². The molecular weight excluding hydrogens is 380 g/mol. The van der Waals surface area contributed by atoms with Gasteiger partial charge in [0.15, 0.2) is 4.34 Å². The number of rotatable bonds is 7. The van der Waals surface area contributed by atoms with E-state index in [0.717, 1.165) is 10.1 Å². The Balaban J connectivity index is 2.04. The molecule has 2 N–H and O–H groups in total. The summed E-state index contributed by atoms with van der Waals surface area (Å²) in [6.45, 7) is 5.75. The summed E-state index contributed by atoms with van der Waals surface area (Å²) in [5.74, 6) is 0.147. The molecule has 0 spiro atoms. The van der Waals surface area contributed by atoms with E-state index >= 15 is 0 Å². The molecule has 1 aromatic carbocycles. The van der Waals surface area contributed by atoms with Crippen molar-refractivity contribution in [1.82, 2.24) is 15.5 Å². The van der Waals surface area contributed by atoms with Crippen molar-refractivity contribution in [2.45, 2.75) is 31.2 Å². The van der Waals surface area contributed by atoms with Crippen molar-refractivity contribution in [2.75, 3.05) is 11.1 Å². The number of thioether (sulfide) groups is 1. The average molecular weight is 399 g/mol. The SMILES string of the molecule is CCSc1nnc(NC(=O)[C@@H](NC(=O)c2ccc(Cl)cc2)C(C)C)s1. The number of benzene rings is 1. The molecule has 0 saturated heterocycles. The van der Waals surface area contributed by atoms with Gasteiger partial charge < -0.3 is 5.32 Å². The van der Waals surface area contributed by atoms with E-state index in [4.69, 9.17) is 11.6 Å². The number of halogens is 1. The largest absolute Gasteiger partial charge is 0.340 e. The Morgan fingerprint density at radius 3 is 2.52 bits per heavy atom. The Kier molecular flexibility index (Phi) is 7.22. The van der Waals surface area contributed by atoms with Gasteiger partial charge in [-0.25, -0.2) is 0 Å². The summed E-state index contributed by atoms with van der Waals surface area (Å²) in [5, 5.41) is 14.4. The maximum Gasteiger partial charge on any atom is 0.251 e. The monoisotopic (exact) mass is 398 g/mol. The maximum absolute atomic E-state index is 12.5. The zero-order valence-electron chi connectivity index (χ0n) is 14.1. The van der Waals surface area contributed by atoms with Crippen molar-refractivity contribution in [1.29, 1.82) is 0 Å². The standard InChI is InChI=1S/C16H19ClN4O2S2/c1-4-24-16-21-20-15(25-16)19-14(23)12(9(2)3)18-13(22)10-5-7-11(17)8-6-10/h5-9,12H,4H2,1-3H3,(H,18,22)(H,19,20,23)/t12-/m0/s1. The lowest BCUT2D eigenvalue weighted by molar-refractivity contribution is -0.118. The summed E-state index contributed by atoms with van der Waals surface area (Å²) in [6, 6.07) is 5.82. The second kappa shape index (κ2) is 9.17. The molecule has 0 aliphatic rings. The molecule has 2 rings (SSSR count). The van der Waals surface area contributed by atoms with E-state index in [0.29, 0.717) is 15.7 Å². The minimum atomic E-state index is -0.686. The molecule has 2 aromatic rings. The van der Waals surface area contributed by atoms with Gasteiger partial charge in [-0.2, -0.15) is 0 Å². The molecule has 134 valence electrons. The van der Waals surface area contributed by atoms with Crippen LogP contribution in [0.5, 0.6) is 0 Å². The molecule has 0 aliphatic heterocycles. The smallest absolute Gasteiger partial charge is 0.251 e. The van der Waals surface area contributed by atoms with Gasteiger partial charge in [0.25, 0.3) is 5.91 Å². The number of amides is 2. The quantitative estimate of drug-likeness (QED) is 0.548. The fourth-order valence-electron chi connectivity index (χ4n) is 1.99. The molecule has 9 heteroatoms. The van der Waals surface area contributed by atoms with Crippen LogP contribution in [-0.2, 0) is 4.79 Å². The van der Waals surface area contributed by atoms with E-state index < -0.39 is 6.04 Å². The van der Waals surface area contributed by atoms with Gasteiger partial charge in [0.2, 0.25) is 11.0 Å². The first-order valence-electron chi connectivity index (χ1n) is 7.74. The number of aromatic nitrogens is 2. The van der Waals surface area contributed by atoms with Gasteiger partial charge in [0, 0.05) is 10.6 Å². The third-order valence-electron chi connectivity index (χ3n) is 3.25. The highest BCUT2D eigenvalue weighted by atomic mass is 35.5. The molecule has 0 saturated carbocycles. The molecular formula is C16H19ClN4O2S2. The van der Waals surface area contributed by atoms with Crippen LogP contribution >= 0.6 is 34.7 Å². The number of anilines is 1. The minimum absolute atomic E-state index is 0.0892. The number of carbonyl (C=O) groups excluding carboxylic acids is 2. The Hall–Kier alpha value is -1.64. The van der Waals surface area contributed by atoms with E-state index in [-0.39, 0.29) is 17.7 Å². The molecule has 0 fully saturated rings. The van der Waals surface area contributed by atoms with Gasteiger partial charge in [-0.05, 0) is 35.9 Å². The minimum Gasteiger partial charge on any atom is -0.340 e. The van der Waals surface area contributed by atoms with E-state index in [1.54, 1.807) is 36.0 Å². The van der Waals surface area contributed by atoms with Gasteiger partial charge in [-0.1, -0.05) is 55.5 Å². The van der Waals surface area contributed by atoms with Crippen LogP contribution in [0.15, 0.2) is 28.6 Å². The average Bonchev–Trinajstić information content (AvgIpc) is 3.00. The lowest BCUT2D eigenvalue weighted by Gasteiger charge is -2.21. The van der Waals surface area contributed by atoms with Crippen LogP contribution in [-0.4, -0.2) is 33.8 Å². The fraction of sp³-hybridized carbons (Fsp3) is 0.375. The molecule has 25 heavy (non-hydrogen) atoms. The van der Waals surface area contributed by atoms with Crippen LogP contribution in [0.25, 0.3) is 0 Å². The lowest BCUT2D eigenvalue weighted by Crippen LogP contribution is -2.47. The molecule has 0 aliphatic carbocycles. The van der Waals surface area contributed by atoms with E-state index in [1.165, 1.54) is 11.3 Å². The van der Waals surface area contributed by atoms with Crippen LogP contribution in [0.1, 0.15) is 31.1 Å². The van der Waals surface area contributed by atoms with Crippen LogP contribution in [0.2, 0.25) is 5.02 Å². The summed E-state index contributed by atoms with van der Waals surface area (Å²) in [6.07, 6.45) is 0. The second-order valence-corrected chi connectivity index (χ2v) is 8.42. The van der Waals surface area contributed by atoms with Crippen molar-refractivity contribution >= 4 is 51.6 Å². The van der Waals surface area contributed by atoms with E-state index in [1.807, 2.05) is 20.8 Å². The van der Waals surface area contributed by atoms with Gasteiger partial charge in [-0.15, -0.1) is 10.2 Å². The molecule has 2 amide bonds. The van der Waals surface area contributed by atoms with Crippen LogP contribution in [0, 0.1) is 5.92 Å². The summed E-state index contributed by atoms with van der Waals surface area (Å²) in [7, 11) is 0. The molecule has 1 aromatic heterocycles. The Morgan fingerprint density at radius 2 is 1.92 bits per heavy atom. The molecule has 0 radical (unpaired) electrons.